The predicted octanol–water partition coefficient (Wildman–Crippen LogP) is 2.53. The minimum atomic E-state index is 0.306. The van der Waals surface area contributed by atoms with E-state index in [1.54, 1.807) is 18.9 Å². The third-order valence-electron chi connectivity index (χ3n) is 2.13. The van der Waals surface area contributed by atoms with Gasteiger partial charge in [-0.05, 0) is 37.3 Å². The molecule has 1 heterocycles. The fraction of sp³-hybridized carbons (Fsp3) is 0.167. The Balaban J connectivity index is 2.19. The van der Waals surface area contributed by atoms with Gasteiger partial charge in [-0.1, -0.05) is 11.8 Å². The highest BCUT2D eigenvalue weighted by Crippen LogP contribution is 2.28. The number of aromatic nitrogens is 2. The number of hydrogen-bond donors (Lipinski definition) is 1. The Morgan fingerprint density at radius 3 is 2.47 bits per heavy atom. The van der Waals surface area contributed by atoms with Gasteiger partial charge in [0.25, 0.3) is 0 Å². The molecule has 17 heavy (non-hydrogen) atoms. The predicted molar refractivity (Wildman–Crippen MR) is 68.3 cm³/mol. The minimum absolute atomic E-state index is 0.306. The Kier molecular flexibility index (Phi) is 3.49. The first-order valence-corrected chi connectivity index (χ1v) is 5.92. The van der Waals surface area contributed by atoms with Crippen LogP contribution in [0.4, 0.5) is 5.95 Å². The maximum Gasteiger partial charge on any atom is 0.221 e. The van der Waals surface area contributed by atoms with E-state index in [1.807, 2.05) is 37.3 Å². The van der Waals surface area contributed by atoms with Gasteiger partial charge in [-0.3, -0.25) is 0 Å². The molecule has 0 radical (unpaired) electrons. The summed E-state index contributed by atoms with van der Waals surface area (Å²) in [6.45, 7) is 1.90. The van der Waals surface area contributed by atoms with E-state index in [-0.39, 0.29) is 0 Å². The molecule has 0 aliphatic rings. The molecule has 2 rings (SSSR count). The summed E-state index contributed by atoms with van der Waals surface area (Å²) in [5.41, 5.74) is 6.47. The van der Waals surface area contributed by atoms with Crippen molar-refractivity contribution in [3.05, 3.63) is 36.0 Å². The van der Waals surface area contributed by atoms with Crippen LogP contribution in [-0.2, 0) is 0 Å². The van der Waals surface area contributed by atoms with Crippen LogP contribution in [0.3, 0.4) is 0 Å². The van der Waals surface area contributed by atoms with E-state index in [0.717, 1.165) is 21.4 Å². The van der Waals surface area contributed by atoms with Gasteiger partial charge in [0, 0.05) is 10.6 Å². The lowest BCUT2D eigenvalue weighted by Gasteiger charge is -2.04. The average molecular weight is 247 g/mol. The monoisotopic (exact) mass is 247 g/mol. The lowest BCUT2D eigenvalue weighted by atomic mass is 10.3. The maximum atomic E-state index is 5.60. The summed E-state index contributed by atoms with van der Waals surface area (Å²) in [7, 11) is 1.65. The van der Waals surface area contributed by atoms with Crippen LogP contribution in [0.1, 0.15) is 5.69 Å². The van der Waals surface area contributed by atoms with Gasteiger partial charge < -0.3 is 10.5 Å². The van der Waals surface area contributed by atoms with Crippen LogP contribution < -0.4 is 10.5 Å². The second kappa shape index (κ2) is 5.05. The number of aryl methyl sites for hydroxylation is 1. The highest BCUT2D eigenvalue weighted by molar-refractivity contribution is 7.99. The van der Waals surface area contributed by atoms with Crippen molar-refractivity contribution in [1.82, 2.24) is 9.97 Å². The Bertz CT molecular complexity index is 493. The molecular formula is C12H13N3OS. The summed E-state index contributed by atoms with van der Waals surface area (Å²) in [6, 6.07) is 9.71. The number of methoxy groups -OCH3 is 1. The van der Waals surface area contributed by atoms with Crippen LogP contribution in [0.2, 0.25) is 0 Å². The molecule has 2 N–H and O–H groups in total. The van der Waals surface area contributed by atoms with Gasteiger partial charge in [-0.25, -0.2) is 9.97 Å². The zero-order valence-electron chi connectivity index (χ0n) is 9.68. The van der Waals surface area contributed by atoms with Gasteiger partial charge in [0.1, 0.15) is 10.8 Å². The molecule has 0 saturated heterocycles. The molecule has 0 spiro atoms. The van der Waals surface area contributed by atoms with E-state index in [4.69, 9.17) is 10.5 Å². The molecule has 0 aliphatic carbocycles. The topological polar surface area (TPSA) is 61.0 Å². The highest BCUT2D eigenvalue weighted by atomic mass is 32.2. The number of nitrogens with two attached hydrogens (primary N) is 1. The summed E-state index contributed by atoms with van der Waals surface area (Å²) >= 11 is 1.55. The van der Waals surface area contributed by atoms with Gasteiger partial charge in [0.05, 0.1) is 7.11 Å². The van der Waals surface area contributed by atoms with E-state index in [9.17, 15) is 0 Å². The highest BCUT2D eigenvalue weighted by Gasteiger charge is 2.02. The van der Waals surface area contributed by atoms with Crippen LogP contribution in [0.5, 0.6) is 5.75 Å². The largest absolute Gasteiger partial charge is 0.497 e. The first-order valence-electron chi connectivity index (χ1n) is 5.10. The molecule has 4 nitrogen and oxygen atoms in total. The fourth-order valence-electron chi connectivity index (χ4n) is 1.38. The number of hydrogen-bond acceptors (Lipinski definition) is 5. The van der Waals surface area contributed by atoms with Crippen molar-refractivity contribution in [2.45, 2.75) is 16.8 Å². The first kappa shape index (κ1) is 11.7. The summed E-state index contributed by atoms with van der Waals surface area (Å²) in [5, 5.41) is 0.847. The zero-order valence-corrected chi connectivity index (χ0v) is 10.5. The summed E-state index contributed by atoms with van der Waals surface area (Å²) < 4.78 is 5.10. The Morgan fingerprint density at radius 2 is 1.88 bits per heavy atom. The Hall–Kier alpha value is -1.75. The van der Waals surface area contributed by atoms with Crippen LogP contribution in [-0.4, -0.2) is 17.1 Å². The fourth-order valence-corrected chi connectivity index (χ4v) is 2.26. The quantitative estimate of drug-likeness (QED) is 0.844. The first-order chi connectivity index (χ1) is 8.17. The number of nitrogen functional groups attached to an aromatic ring is 1. The van der Waals surface area contributed by atoms with Crippen LogP contribution in [0, 0.1) is 6.92 Å². The van der Waals surface area contributed by atoms with Crippen LogP contribution in [0.15, 0.2) is 40.3 Å². The van der Waals surface area contributed by atoms with E-state index < -0.39 is 0 Å². The molecule has 0 aliphatic heterocycles. The number of rotatable bonds is 3. The van der Waals surface area contributed by atoms with Crippen LogP contribution in [0.25, 0.3) is 0 Å². The molecule has 0 fully saturated rings. The van der Waals surface area contributed by atoms with E-state index in [0.29, 0.717) is 5.95 Å². The number of anilines is 1. The SMILES string of the molecule is COc1ccc(Sc2cc(C)nc(N)n2)cc1. The van der Waals surface area contributed by atoms with Crippen LogP contribution >= 0.6 is 11.8 Å². The summed E-state index contributed by atoms with van der Waals surface area (Å²) in [5.74, 6) is 1.15. The number of ether oxygens (including phenoxy) is 1. The Labute approximate surface area is 104 Å². The lowest BCUT2D eigenvalue weighted by molar-refractivity contribution is 0.414. The lowest BCUT2D eigenvalue weighted by Crippen LogP contribution is -1.97. The van der Waals surface area contributed by atoms with Crippen molar-refractivity contribution in [3.63, 3.8) is 0 Å². The average Bonchev–Trinajstić information content (AvgIpc) is 2.28. The maximum absolute atomic E-state index is 5.60. The standard InChI is InChI=1S/C12H13N3OS/c1-8-7-11(15-12(13)14-8)17-10-5-3-9(16-2)4-6-10/h3-7H,1-2H3,(H2,13,14,15). The molecule has 1 aromatic heterocycles. The second-order valence-corrected chi connectivity index (χ2v) is 4.58. The third-order valence-corrected chi connectivity index (χ3v) is 3.06. The molecule has 0 unspecified atom stereocenters. The van der Waals surface area contributed by atoms with E-state index >= 15 is 0 Å². The molecule has 0 atom stereocenters. The number of nitrogens with zero attached hydrogens (tertiary/aromatic N) is 2. The molecule has 88 valence electrons. The van der Waals surface area contributed by atoms with Gasteiger partial charge in [0.2, 0.25) is 5.95 Å². The van der Waals surface area contributed by atoms with Crippen molar-refractivity contribution in [3.8, 4) is 5.75 Å². The Morgan fingerprint density at radius 1 is 1.18 bits per heavy atom. The normalized spacial score (nSPS) is 10.2. The third kappa shape index (κ3) is 3.10. The summed E-state index contributed by atoms with van der Waals surface area (Å²) in [4.78, 5) is 9.29. The van der Waals surface area contributed by atoms with Gasteiger partial charge >= 0.3 is 0 Å². The zero-order chi connectivity index (χ0) is 12.3. The van der Waals surface area contributed by atoms with Crippen molar-refractivity contribution >= 4 is 17.7 Å². The van der Waals surface area contributed by atoms with Crippen molar-refractivity contribution < 1.29 is 4.74 Å². The minimum Gasteiger partial charge on any atom is -0.497 e. The smallest absolute Gasteiger partial charge is 0.221 e. The van der Waals surface area contributed by atoms with Gasteiger partial charge in [-0.15, -0.1) is 0 Å². The molecular weight excluding hydrogens is 234 g/mol. The van der Waals surface area contributed by atoms with Crippen molar-refractivity contribution in [1.29, 1.82) is 0 Å². The molecule has 0 amide bonds. The van der Waals surface area contributed by atoms with Gasteiger partial charge in [0.15, 0.2) is 0 Å². The van der Waals surface area contributed by atoms with E-state index in [2.05, 4.69) is 9.97 Å². The molecule has 0 bridgehead atoms. The molecule has 1 aromatic carbocycles. The summed E-state index contributed by atoms with van der Waals surface area (Å²) in [6.07, 6.45) is 0. The second-order valence-electron chi connectivity index (χ2n) is 3.48. The van der Waals surface area contributed by atoms with Crippen molar-refractivity contribution in [2.24, 2.45) is 0 Å². The molecule has 0 saturated carbocycles. The molecule has 5 heteroatoms. The van der Waals surface area contributed by atoms with Gasteiger partial charge in [-0.2, -0.15) is 0 Å². The van der Waals surface area contributed by atoms with E-state index in [1.165, 1.54) is 0 Å². The molecule has 2 aromatic rings. The number of benzene rings is 1. The van der Waals surface area contributed by atoms with Crippen molar-refractivity contribution in [2.75, 3.05) is 12.8 Å².